The highest BCUT2D eigenvalue weighted by atomic mass is 127. The van der Waals surface area contributed by atoms with Crippen LogP contribution in [-0.4, -0.2) is 6.54 Å². The smallest absolute Gasteiger partial charge is 0.0260 e. The summed E-state index contributed by atoms with van der Waals surface area (Å²) in [7, 11) is 0. The van der Waals surface area contributed by atoms with E-state index in [1.807, 2.05) is 10.2 Å². The van der Waals surface area contributed by atoms with Crippen LogP contribution in [0, 0.1) is 0 Å². The molecule has 0 aromatic heterocycles. The third-order valence-corrected chi connectivity index (χ3v) is 1.29. The molecule has 0 heterocycles. The Morgan fingerprint density at radius 3 is 3.00 bits per heavy atom. The van der Waals surface area contributed by atoms with Gasteiger partial charge in [-0.05, 0) is 22.5 Å². The van der Waals surface area contributed by atoms with Gasteiger partial charge in [0.25, 0.3) is 0 Å². The number of rotatable bonds is 4. The maximum atomic E-state index is 7.86. The Morgan fingerprint density at radius 1 is 1.67 bits per heavy atom. The van der Waals surface area contributed by atoms with E-state index in [9.17, 15) is 0 Å². The molecule has 0 radical (unpaired) electrons. The maximum Gasteiger partial charge on any atom is 0.0260 e. The first-order valence-electron chi connectivity index (χ1n) is 2.68. The van der Waals surface area contributed by atoms with Crippen molar-refractivity contribution >= 4 is 22.6 Å². The number of halogens is 1. The molecule has 0 aromatic rings. The molecule has 0 aliphatic carbocycles. The zero-order valence-corrected chi connectivity index (χ0v) is 7.15. The summed E-state index contributed by atoms with van der Waals surface area (Å²) in [5.74, 6) is 0. The van der Waals surface area contributed by atoms with Crippen LogP contribution in [0.5, 0.6) is 0 Å². The van der Waals surface area contributed by atoms with Crippen LogP contribution in [0.15, 0.2) is 15.3 Å². The summed E-state index contributed by atoms with van der Waals surface area (Å²) < 4.78 is 1.97. The predicted molar refractivity (Wildman–Crippen MR) is 46.4 cm³/mol. The molecule has 0 rings (SSSR count). The van der Waals surface area contributed by atoms with Crippen molar-refractivity contribution in [3.63, 3.8) is 0 Å². The number of unbranched alkanes of at least 4 members (excludes halogenated alkanes) is 1. The van der Waals surface area contributed by atoms with E-state index in [0.29, 0.717) is 6.54 Å². The minimum Gasteiger partial charge on any atom is -0.0940 e. The summed E-state index contributed by atoms with van der Waals surface area (Å²) in [6, 6.07) is 0. The Bertz CT molecular complexity index is 126. The van der Waals surface area contributed by atoms with Gasteiger partial charge in [0.15, 0.2) is 0 Å². The molecule has 3 nitrogen and oxygen atoms in total. The fraction of sp³-hybridized carbons (Fsp3) is 0.600. The Balaban J connectivity index is 3.00. The van der Waals surface area contributed by atoms with E-state index in [1.54, 1.807) is 0 Å². The van der Waals surface area contributed by atoms with Crippen molar-refractivity contribution in [1.82, 2.24) is 0 Å². The van der Waals surface area contributed by atoms with Gasteiger partial charge in [-0.25, -0.2) is 0 Å². The number of nitrogens with zero attached hydrogens (tertiary/aromatic N) is 3. The fourth-order valence-corrected chi connectivity index (χ4v) is 0.747. The highest BCUT2D eigenvalue weighted by Gasteiger charge is 1.77. The number of azide groups is 1. The van der Waals surface area contributed by atoms with E-state index < -0.39 is 0 Å². The van der Waals surface area contributed by atoms with Crippen molar-refractivity contribution in [3.05, 3.63) is 20.6 Å². The molecule has 0 amide bonds. The summed E-state index contributed by atoms with van der Waals surface area (Å²) in [5.41, 5.74) is 7.86. The largest absolute Gasteiger partial charge is 0.0940 e. The number of hydrogen-bond acceptors (Lipinski definition) is 1. The Kier molecular flexibility index (Phi) is 7.59. The van der Waals surface area contributed by atoms with Crippen molar-refractivity contribution in [2.75, 3.05) is 6.54 Å². The van der Waals surface area contributed by atoms with Crippen molar-refractivity contribution in [1.29, 1.82) is 0 Å². The Morgan fingerprint density at radius 2 is 2.44 bits per heavy atom. The molecule has 0 spiro atoms. The lowest BCUT2D eigenvalue weighted by Gasteiger charge is -1.84. The molecule has 4 heteroatoms. The van der Waals surface area contributed by atoms with Gasteiger partial charge in [0.2, 0.25) is 0 Å². The SMILES string of the molecule is [N-]=[N+]=NCCCC=CI. The number of hydrogen-bond donors (Lipinski definition) is 0. The zero-order chi connectivity index (χ0) is 6.95. The van der Waals surface area contributed by atoms with Crippen molar-refractivity contribution in [2.45, 2.75) is 12.8 Å². The molecular formula is C5H8IN3. The number of allylic oxidation sites excluding steroid dienone is 1. The van der Waals surface area contributed by atoms with E-state index in [2.05, 4.69) is 32.6 Å². The first-order chi connectivity index (χ1) is 4.41. The van der Waals surface area contributed by atoms with Gasteiger partial charge in [0, 0.05) is 11.5 Å². The summed E-state index contributed by atoms with van der Waals surface area (Å²) in [6.07, 6.45) is 4.00. The van der Waals surface area contributed by atoms with Gasteiger partial charge in [0.1, 0.15) is 0 Å². The molecule has 0 unspecified atom stereocenters. The molecule has 0 aromatic carbocycles. The second-order valence-electron chi connectivity index (χ2n) is 1.46. The van der Waals surface area contributed by atoms with Gasteiger partial charge >= 0.3 is 0 Å². The van der Waals surface area contributed by atoms with Crippen LogP contribution in [0.1, 0.15) is 12.8 Å². The normalized spacial score (nSPS) is 9.44. The zero-order valence-electron chi connectivity index (χ0n) is 5.00. The first kappa shape index (κ1) is 8.78. The molecular weight excluding hydrogens is 229 g/mol. The highest BCUT2D eigenvalue weighted by Crippen LogP contribution is 1.94. The van der Waals surface area contributed by atoms with Crippen LogP contribution in [0.25, 0.3) is 10.4 Å². The lowest BCUT2D eigenvalue weighted by molar-refractivity contribution is 0.849. The summed E-state index contributed by atoms with van der Waals surface area (Å²) in [6.45, 7) is 0.609. The molecule has 0 saturated heterocycles. The van der Waals surface area contributed by atoms with Crippen LogP contribution in [0.3, 0.4) is 0 Å². The summed E-state index contributed by atoms with van der Waals surface area (Å²) in [4.78, 5) is 2.63. The molecule has 0 atom stereocenters. The molecule has 0 aliphatic heterocycles. The van der Waals surface area contributed by atoms with Gasteiger partial charge in [-0.2, -0.15) is 0 Å². The standard InChI is InChI=1S/C5H8IN3/c6-4-2-1-3-5-8-9-7/h2,4H,1,3,5H2. The predicted octanol–water partition coefficient (Wildman–Crippen LogP) is 3.03. The van der Waals surface area contributed by atoms with Gasteiger partial charge in [-0.1, -0.05) is 33.8 Å². The minimum absolute atomic E-state index is 0.609. The average Bonchev–Trinajstić information content (AvgIpc) is 1.89. The summed E-state index contributed by atoms with van der Waals surface area (Å²) in [5, 5.41) is 3.39. The van der Waals surface area contributed by atoms with Crippen LogP contribution >= 0.6 is 22.6 Å². The molecule has 50 valence electrons. The second kappa shape index (κ2) is 7.78. The molecule has 0 bridgehead atoms. The maximum absolute atomic E-state index is 7.86. The monoisotopic (exact) mass is 237 g/mol. The molecule has 0 saturated carbocycles. The van der Waals surface area contributed by atoms with Gasteiger partial charge < -0.3 is 0 Å². The van der Waals surface area contributed by atoms with Crippen LogP contribution < -0.4 is 0 Å². The van der Waals surface area contributed by atoms with Gasteiger partial charge in [-0.3, -0.25) is 0 Å². The molecule has 9 heavy (non-hydrogen) atoms. The molecule has 0 N–H and O–H groups in total. The molecule has 0 aliphatic rings. The van der Waals surface area contributed by atoms with Crippen molar-refractivity contribution in [2.24, 2.45) is 5.11 Å². The van der Waals surface area contributed by atoms with Gasteiger partial charge in [-0.15, -0.1) is 0 Å². The Hall–Kier alpha value is -0.220. The van der Waals surface area contributed by atoms with Crippen molar-refractivity contribution < 1.29 is 0 Å². The van der Waals surface area contributed by atoms with Crippen LogP contribution in [0.2, 0.25) is 0 Å². The van der Waals surface area contributed by atoms with E-state index in [-0.39, 0.29) is 0 Å². The minimum atomic E-state index is 0.609. The second-order valence-corrected chi connectivity index (χ2v) is 2.18. The third kappa shape index (κ3) is 7.78. The van der Waals surface area contributed by atoms with Crippen LogP contribution in [-0.2, 0) is 0 Å². The van der Waals surface area contributed by atoms with E-state index in [1.165, 1.54) is 0 Å². The van der Waals surface area contributed by atoms with E-state index in [4.69, 9.17) is 5.53 Å². The van der Waals surface area contributed by atoms with Crippen LogP contribution in [0.4, 0.5) is 0 Å². The lowest BCUT2D eigenvalue weighted by atomic mass is 10.3. The average molecular weight is 237 g/mol. The van der Waals surface area contributed by atoms with E-state index >= 15 is 0 Å². The van der Waals surface area contributed by atoms with Crippen molar-refractivity contribution in [3.8, 4) is 0 Å². The Labute approximate surface area is 67.9 Å². The topological polar surface area (TPSA) is 48.8 Å². The quantitative estimate of drug-likeness (QED) is 0.237. The summed E-state index contributed by atoms with van der Waals surface area (Å²) >= 11 is 2.16. The third-order valence-electron chi connectivity index (χ3n) is 0.781. The fourth-order valence-electron chi connectivity index (χ4n) is 0.388. The van der Waals surface area contributed by atoms with E-state index in [0.717, 1.165) is 12.8 Å². The highest BCUT2D eigenvalue weighted by molar-refractivity contribution is 14.1. The lowest BCUT2D eigenvalue weighted by Crippen LogP contribution is -1.74. The van der Waals surface area contributed by atoms with Gasteiger partial charge in [0.05, 0.1) is 0 Å². The molecule has 0 fully saturated rings. The first-order valence-corrected chi connectivity index (χ1v) is 3.92.